The number of sulfone groups is 1. The number of benzene rings is 1. The third-order valence-electron chi connectivity index (χ3n) is 4.20. The number of amides is 1. The van der Waals surface area contributed by atoms with Crippen LogP contribution in [0.25, 0.3) is 0 Å². The molecule has 0 aromatic heterocycles. The summed E-state index contributed by atoms with van der Waals surface area (Å²) in [5.41, 5.74) is 1.01. The van der Waals surface area contributed by atoms with Gasteiger partial charge in [0, 0.05) is 31.2 Å². The second-order valence-electron chi connectivity index (χ2n) is 6.00. The van der Waals surface area contributed by atoms with Crippen LogP contribution in [-0.2, 0) is 14.6 Å². The number of hydrogen-bond acceptors (Lipinski definition) is 4. The molecule has 1 fully saturated rings. The second-order valence-corrected chi connectivity index (χ2v) is 8.28. The van der Waals surface area contributed by atoms with E-state index in [1.165, 1.54) is 0 Å². The fourth-order valence-electron chi connectivity index (χ4n) is 2.89. The van der Waals surface area contributed by atoms with Crippen molar-refractivity contribution in [3.63, 3.8) is 0 Å². The van der Waals surface area contributed by atoms with E-state index in [0.717, 1.165) is 38.0 Å². The molecule has 0 spiro atoms. The molecular weight excluding hydrogens is 312 g/mol. The number of hydrogen-bond donors (Lipinski definition) is 1. The maximum Gasteiger partial charge on any atom is 0.220 e. The Morgan fingerprint density at radius 2 is 1.96 bits per heavy atom. The molecule has 1 aromatic carbocycles. The van der Waals surface area contributed by atoms with Crippen molar-refractivity contribution < 1.29 is 13.2 Å². The quantitative estimate of drug-likeness (QED) is 0.865. The van der Waals surface area contributed by atoms with E-state index in [9.17, 15) is 13.2 Å². The van der Waals surface area contributed by atoms with Crippen LogP contribution >= 0.6 is 0 Å². The first kappa shape index (κ1) is 17.8. The molecule has 23 heavy (non-hydrogen) atoms. The molecule has 1 aliphatic heterocycles. The van der Waals surface area contributed by atoms with Crippen molar-refractivity contribution in [2.24, 2.45) is 0 Å². The minimum absolute atomic E-state index is 0.113. The van der Waals surface area contributed by atoms with Crippen molar-refractivity contribution in [3.8, 4) is 0 Å². The predicted octanol–water partition coefficient (Wildman–Crippen LogP) is 2.37. The standard InChI is InChI=1S/C17H26N2O3S/c1-3-6-17(20)18-14-7-5-12-19(13-14)15-8-10-16(11-9-15)23(21,22)4-2/h8-11,14H,3-7,12-13H2,1-2H3,(H,18,20). The highest BCUT2D eigenvalue weighted by Crippen LogP contribution is 2.22. The van der Waals surface area contributed by atoms with Crippen LogP contribution in [0.15, 0.2) is 29.2 Å². The van der Waals surface area contributed by atoms with E-state index < -0.39 is 9.84 Å². The molecule has 1 amide bonds. The number of carbonyl (C=O) groups is 1. The molecule has 0 radical (unpaired) electrons. The molecule has 5 nitrogen and oxygen atoms in total. The fourth-order valence-corrected chi connectivity index (χ4v) is 3.77. The zero-order chi connectivity index (χ0) is 16.9. The summed E-state index contributed by atoms with van der Waals surface area (Å²) < 4.78 is 23.7. The third kappa shape index (κ3) is 4.70. The molecule has 1 heterocycles. The van der Waals surface area contributed by atoms with Gasteiger partial charge in [-0.2, -0.15) is 0 Å². The van der Waals surface area contributed by atoms with Gasteiger partial charge in [0.2, 0.25) is 5.91 Å². The number of nitrogens with zero attached hydrogens (tertiary/aromatic N) is 1. The molecule has 2 rings (SSSR count). The van der Waals surface area contributed by atoms with E-state index in [1.54, 1.807) is 19.1 Å². The van der Waals surface area contributed by atoms with Gasteiger partial charge in [0.05, 0.1) is 10.6 Å². The summed E-state index contributed by atoms with van der Waals surface area (Å²) in [5.74, 6) is 0.227. The van der Waals surface area contributed by atoms with Crippen LogP contribution in [0.4, 0.5) is 5.69 Å². The number of anilines is 1. The molecule has 0 saturated carbocycles. The van der Waals surface area contributed by atoms with Crippen molar-refractivity contribution in [2.75, 3.05) is 23.7 Å². The van der Waals surface area contributed by atoms with E-state index in [1.807, 2.05) is 19.1 Å². The number of nitrogens with one attached hydrogen (secondary N) is 1. The first-order valence-corrected chi connectivity index (χ1v) is 9.98. The van der Waals surface area contributed by atoms with Crippen LogP contribution in [0.1, 0.15) is 39.5 Å². The van der Waals surface area contributed by atoms with Crippen LogP contribution in [0.5, 0.6) is 0 Å². The smallest absolute Gasteiger partial charge is 0.220 e. The highest BCUT2D eigenvalue weighted by molar-refractivity contribution is 7.91. The maximum atomic E-state index is 11.9. The Labute approximate surface area is 139 Å². The maximum absolute atomic E-state index is 11.9. The van der Waals surface area contributed by atoms with Crippen LogP contribution in [0.3, 0.4) is 0 Å². The average molecular weight is 338 g/mol. The molecule has 1 atom stereocenters. The lowest BCUT2D eigenvalue weighted by Crippen LogP contribution is -2.47. The Morgan fingerprint density at radius 1 is 1.26 bits per heavy atom. The Balaban J connectivity index is 2.02. The summed E-state index contributed by atoms with van der Waals surface area (Å²) in [5, 5.41) is 3.09. The molecule has 1 N–H and O–H groups in total. The van der Waals surface area contributed by atoms with Gasteiger partial charge in [-0.05, 0) is 43.5 Å². The molecular formula is C17H26N2O3S. The number of carbonyl (C=O) groups excluding carboxylic acids is 1. The van der Waals surface area contributed by atoms with Crippen LogP contribution in [0, 0.1) is 0 Å². The van der Waals surface area contributed by atoms with Gasteiger partial charge >= 0.3 is 0 Å². The van der Waals surface area contributed by atoms with Crippen LogP contribution < -0.4 is 10.2 Å². The third-order valence-corrected chi connectivity index (χ3v) is 5.96. The highest BCUT2D eigenvalue weighted by Gasteiger charge is 2.22. The molecule has 1 unspecified atom stereocenters. The summed E-state index contributed by atoms with van der Waals surface area (Å²) in [4.78, 5) is 14.3. The van der Waals surface area contributed by atoms with Crippen molar-refractivity contribution in [1.82, 2.24) is 5.32 Å². The zero-order valence-electron chi connectivity index (χ0n) is 13.9. The van der Waals surface area contributed by atoms with E-state index in [0.29, 0.717) is 11.3 Å². The molecule has 0 bridgehead atoms. The van der Waals surface area contributed by atoms with E-state index in [-0.39, 0.29) is 17.7 Å². The average Bonchev–Trinajstić information content (AvgIpc) is 2.55. The van der Waals surface area contributed by atoms with Gasteiger partial charge in [0.15, 0.2) is 9.84 Å². The minimum Gasteiger partial charge on any atom is -0.369 e. The number of piperidine rings is 1. The Bertz CT molecular complexity index is 626. The van der Waals surface area contributed by atoms with E-state index in [4.69, 9.17) is 0 Å². The van der Waals surface area contributed by atoms with Crippen molar-refractivity contribution in [2.45, 2.75) is 50.5 Å². The Kier molecular flexibility index (Phi) is 6.04. The summed E-state index contributed by atoms with van der Waals surface area (Å²) in [6.45, 7) is 5.35. The topological polar surface area (TPSA) is 66.5 Å². The first-order valence-electron chi connectivity index (χ1n) is 8.33. The van der Waals surface area contributed by atoms with E-state index in [2.05, 4.69) is 10.2 Å². The largest absolute Gasteiger partial charge is 0.369 e. The van der Waals surface area contributed by atoms with Crippen molar-refractivity contribution in [3.05, 3.63) is 24.3 Å². The van der Waals surface area contributed by atoms with Gasteiger partial charge in [0.1, 0.15) is 0 Å². The SMILES string of the molecule is CCCC(=O)NC1CCCN(c2ccc(S(=O)(=O)CC)cc2)C1. The Hall–Kier alpha value is -1.56. The van der Waals surface area contributed by atoms with Crippen LogP contribution in [-0.4, -0.2) is 39.2 Å². The molecule has 1 aliphatic rings. The summed E-state index contributed by atoms with van der Waals surface area (Å²) in [6.07, 6.45) is 3.44. The van der Waals surface area contributed by atoms with Gasteiger partial charge in [-0.1, -0.05) is 13.8 Å². The lowest BCUT2D eigenvalue weighted by Gasteiger charge is -2.35. The summed E-state index contributed by atoms with van der Waals surface area (Å²) in [7, 11) is -3.15. The molecule has 6 heteroatoms. The van der Waals surface area contributed by atoms with Crippen molar-refractivity contribution in [1.29, 1.82) is 0 Å². The summed E-state index contributed by atoms with van der Waals surface area (Å²) in [6, 6.07) is 7.24. The minimum atomic E-state index is -3.15. The number of rotatable bonds is 6. The monoisotopic (exact) mass is 338 g/mol. The lowest BCUT2D eigenvalue weighted by molar-refractivity contribution is -0.121. The molecule has 1 saturated heterocycles. The fraction of sp³-hybridized carbons (Fsp3) is 0.588. The van der Waals surface area contributed by atoms with Gasteiger partial charge in [-0.3, -0.25) is 4.79 Å². The molecule has 0 aliphatic carbocycles. The highest BCUT2D eigenvalue weighted by atomic mass is 32.2. The van der Waals surface area contributed by atoms with Gasteiger partial charge in [0.25, 0.3) is 0 Å². The molecule has 128 valence electrons. The van der Waals surface area contributed by atoms with Gasteiger partial charge in [-0.25, -0.2) is 8.42 Å². The second kappa shape index (κ2) is 7.81. The Morgan fingerprint density at radius 3 is 2.57 bits per heavy atom. The van der Waals surface area contributed by atoms with Gasteiger partial charge in [-0.15, -0.1) is 0 Å². The summed E-state index contributed by atoms with van der Waals surface area (Å²) >= 11 is 0. The molecule has 1 aromatic rings. The normalized spacial score (nSPS) is 18.7. The first-order chi connectivity index (χ1) is 11.0. The zero-order valence-corrected chi connectivity index (χ0v) is 14.7. The van der Waals surface area contributed by atoms with Crippen molar-refractivity contribution >= 4 is 21.4 Å². The lowest BCUT2D eigenvalue weighted by atomic mass is 10.0. The van der Waals surface area contributed by atoms with E-state index >= 15 is 0 Å². The van der Waals surface area contributed by atoms with Crippen LogP contribution in [0.2, 0.25) is 0 Å². The predicted molar refractivity (Wildman–Crippen MR) is 92.5 cm³/mol. The van der Waals surface area contributed by atoms with Gasteiger partial charge < -0.3 is 10.2 Å².